The average molecular weight is 392 g/mol. The molecule has 5 heteroatoms. The number of halogens is 1. The molecule has 0 N–H and O–H groups in total. The molecule has 0 radical (unpaired) electrons. The Kier molecular flexibility index (Phi) is 4.21. The van der Waals surface area contributed by atoms with Gasteiger partial charge >= 0.3 is 0 Å². The van der Waals surface area contributed by atoms with E-state index >= 15 is 0 Å². The molecular weight excluding hydrogens is 361 g/mol. The first-order valence-corrected chi connectivity index (χ1v) is 11.7. The Morgan fingerprint density at radius 1 is 1.22 bits per heavy atom. The Bertz CT molecular complexity index is 725. The van der Waals surface area contributed by atoms with Crippen molar-refractivity contribution >= 4 is 21.8 Å². The first-order valence-electron chi connectivity index (χ1n) is 10.4. The number of hydrogen-bond donors (Lipinski definition) is 0. The minimum Gasteiger partial charge on any atom is -0.359 e. The van der Waals surface area contributed by atoms with Crippen molar-refractivity contribution in [1.29, 1.82) is 0 Å². The molecule has 1 atom stereocenters. The molecule has 6 rings (SSSR count). The second kappa shape index (κ2) is 6.28. The fourth-order valence-corrected chi connectivity index (χ4v) is 9.35. The highest BCUT2D eigenvalue weighted by Crippen LogP contribution is 2.66. The highest BCUT2D eigenvalue weighted by molar-refractivity contribution is 8.19. The van der Waals surface area contributed by atoms with Crippen molar-refractivity contribution in [2.24, 2.45) is 23.7 Å². The standard InChI is InChI=1S/C22H30FNO2S/c1-21(2)13-26-14-24(21)20(25)12-22(27-5-3-19(23)4-6-27)17-8-15-7-16(10-17)11-18(22)9-15/h3-6,15-18H,7-14H2,1-2H3. The van der Waals surface area contributed by atoms with Gasteiger partial charge in [0.1, 0.15) is 12.6 Å². The van der Waals surface area contributed by atoms with Gasteiger partial charge in [-0.15, -0.1) is 0 Å². The fraction of sp³-hybridized carbons (Fsp3) is 0.727. The van der Waals surface area contributed by atoms with Crippen molar-refractivity contribution < 1.29 is 13.9 Å². The monoisotopic (exact) mass is 391 g/mol. The molecule has 27 heavy (non-hydrogen) atoms. The van der Waals surface area contributed by atoms with Crippen LogP contribution in [0, 0.1) is 23.7 Å². The third kappa shape index (κ3) is 2.79. The lowest BCUT2D eigenvalue weighted by Gasteiger charge is -2.62. The molecule has 3 nitrogen and oxygen atoms in total. The maximum atomic E-state index is 13.7. The molecule has 1 amide bonds. The Balaban J connectivity index is 1.52. The molecule has 2 heterocycles. The van der Waals surface area contributed by atoms with Gasteiger partial charge in [0.05, 0.1) is 12.1 Å². The van der Waals surface area contributed by atoms with Crippen LogP contribution >= 0.6 is 10.5 Å². The largest absolute Gasteiger partial charge is 0.359 e. The molecule has 4 bridgehead atoms. The van der Waals surface area contributed by atoms with E-state index in [4.69, 9.17) is 4.74 Å². The topological polar surface area (TPSA) is 29.5 Å². The minimum atomic E-state index is -0.231. The number of ether oxygens (including phenoxy) is 1. The van der Waals surface area contributed by atoms with Gasteiger partial charge in [-0.25, -0.2) is 4.39 Å². The first-order chi connectivity index (χ1) is 12.9. The summed E-state index contributed by atoms with van der Waals surface area (Å²) in [4.78, 5) is 15.4. The maximum absolute atomic E-state index is 13.7. The third-order valence-electron chi connectivity index (χ3n) is 7.84. The summed E-state index contributed by atoms with van der Waals surface area (Å²) in [5.41, 5.74) is -0.231. The summed E-state index contributed by atoms with van der Waals surface area (Å²) in [5.74, 6) is 2.97. The number of hydrogen-bond acceptors (Lipinski definition) is 2. The van der Waals surface area contributed by atoms with E-state index in [0.29, 0.717) is 31.6 Å². The Labute approximate surface area is 163 Å². The van der Waals surface area contributed by atoms with E-state index in [2.05, 4.69) is 24.6 Å². The summed E-state index contributed by atoms with van der Waals surface area (Å²) in [6.45, 7) is 5.20. The van der Waals surface area contributed by atoms with Gasteiger partial charge in [-0.2, -0.15) is 10.5 Å². The quantitative estimate of drug-likeness (QED) is 0.657. The van der Waals surface area contributed by atoms with Crippen LogP contribution in [0.5, 0.6) is 0 Å². The van der Waals surface area contributed by atoms with E-state index in [9.17, 15) is 9.18 Å². The van der Waals surface area contributed by atoms with Crippen molar-refractivity contribution in [2.75, 3.05) is 13.3 Å². The fourth-order valence-electron chi connectivity index (χ4n) is 6.75. The predicted molar refractivity (Wildman–Crippen MR) is 108 cm³/mol. The van der Waals surface area contributed by atoms with Crippen molar-refractivity contribution in [3.63, 3.8) is 0 Å². The van der Waals surface area contributed by atoms with E-state index in [1.54, 1.807) is 12.2 Å². The SMILES string of the molecule is CC1(C)COCN1C(=O)CC1(S2=CC=C(F)C=C2)C2CC3CC(C2)CC1C3. The van der Waals surface area contributed by atoms with Crippen LogP contribution in [0.25, 0.3) is 0 Å². The molecule has 0 spiro atoms. The van der Waals surface area contributed by atoms with Crippen molar-refractivity contribution in [2.45, 2.75) is 62.7 Å². The second-order valence-electron chi connectivity index (χ2n) is 9.91. The van der Waals surface area contributed by atoms with Crippen LogP contribution in [-0.2, 0) is 9.53 Å². The zero-order chi connectivity index (χ0) is 18.8. The molecule has 6 aliphatic rings. The highest BCUT2D eigenvalue weighted by Gasteiger charge is 2.59. The van der Waals surface area contributed by atoms with E-state index in [0.717, 1.165) is 11.8 Å². The van der Waals surface area contributed by atoms with Crippen LogP contribution in [-0.4, -0.2) is 39.8 Å². The summed E-state index contributed by atoms with van der Waals surface area (Å²) < 4.78 is 19.3. The molecule has 4 saturated carbocycles. The van der Waals surface area contributed by atoms with Crippen LogP contribution in [0.4, 0.5) is 4.39 Å². The lowest BCUT2D eigenvalue weighted by atomic mass is 9.50. The zero-order valence-electron chi connectivity index (χ0n) is 16.3. The molecule has 0 aromatic rings. The van der Waals surface area contributed by atoms with E-state index in [1.807, 2.05) is 4.90 Å². The summed E-state index contributed by atoms with van der Waals surface area (Å²) in [5, 5.41) is 4.13. The Morgan fingerprint density at radius 3 is 2.41 bits per heavy atom. The molecule has 4 aliphatic carbocycles. The summed E-state index contributed by atoms with van der Waals surface area (Å²) in [6, 6.07) is 0. The van der Waals surface area contributed by atoms with Gasteiger partial charge in [-0.1, -0.05) is 0 Å². The third-order valence-corrected chi connectivity index (χ3v) is 10.4. The van der Waals surface area contributed by atoms with E-state index < -0.39 is 0 Å². The Morgan fingerprint density at radius 2 is 1.89 bits per heavy atom. The lowest BCUT2D eigenvalue weighted by Crippen LogP contribution is -2.59. The Hall–Kier alpha value is -0.940. The van der Waals surface area contributed by atoms with Gasteiger partial charge in [0, 0.05) is 11.2 Å². The van der Waals surface area contributed by atoms with Crippen LogP contribution in [0.15, 0.2) is 23.4 Å². The molecule has 1 unspecified atom stereocenters. The van der Waals surface area contributed by atoms with E-state index in [-0.39, 0.29) is 32.5 Å². The number of nitrogens with zero attached hydrogens (tertiary/aromatic N) is 1. The van der Waals surface area contributed by atoms with Gasteiger partial charge < -0.3 is 9.64 Å². The highest BCUT2D eigenvalue weighted by atomic mass is 32.2. The molecule has 0 aromatic carbocycles. The van der Waals surface area contributed by atoms with Crippen LogP contribution in [0.3, 0.4) is 0 Å². The lowest BCUT2D eigenvalue weighted by molar-refractivity contribution is -0.138. The van der Waals surface area contributed by atoms with Gasteiger partial charge in [0.25, 0.3) is 0 Å². The van der Waals surface area contributed by atoms with Crippen molar-refractivity contribution in [3.8, 4) is 0 Å². The number of allylic oxidation sites excluding steroid dienone is 3. The molecule has 5 fully saturated rings. The first kappa shape index (κ1) is 18.1. The number of carbonyl (C=O) groups excluding carboxylic acids is 1. The molecule has 148 valence electrons. The smallest absolute Gasteiger partial charge is 0.226 e. The molecule has 2 aliphatic heterocycles. The zero-order valence-corrected chi connectivity index (χ0v) is 17.1. The molecule has 0 aromatic heterocycles. The van der Waals surface area contributed by atoms with Gasteiger partial charge in [-0.3, -0.25) is 4.79 Å². The predicted octanol–water partition coefficient (Wildman–Crippen LogP) is 4.62. The molecular formula is C22H30FNO2S. The van der Waals surface area contributed by atoms with Crippen LogP contribution in [0.2, 0.25) is 0 Å². The summed E-state index contributed by atoms with van der Waals surface area (Å²) in [6.07, 6.45) is 10.3. The number of amides is 1. The van der Waals surface area contributed by atoms with E-state index in [1.165, 1.54) is 32.1 Å². The van der Waals surface area contributed by atoms with Gasteiger partial charge in [0.15, 0.2) is 0 Å². The second-order valence-corrected chi connectivity index (χ2v) is 12.0. The van der Waals surface area contributed by atoms with Crippen LogP contribution in [0.1, 0.15) is 52.4 Å². The van der Waals surface area contributed by atoms with Crippen LogP contribution < -0.4 is 0 Å². The van der Waals surface area contributed by atoms with Gasteiger partial charge in [0.2, 0.25) is 5.91 Å². The summed E-state index contributed by atoms with van der Waals surface area (Å²) in [7, 11) is -0.169. The average Bonchev–Trinajstić information content (AvgIpc) is 2.97. The van der Waals surface area contributed by atoms with Crippen molar-refractivity contribution in [3.05, 3.63) is 23.4 Å². The number of carbonyl (C=O) groups is 1. The van der Waals surface area contributed by atoms with Gasteiger partial charge in [-0.05, 0) is 92.6 Å². The normalized spacial score (nSPS) is 44.3. The number of rotatable bonds is 3. The molecule has 1 saturated heterocycles. The summed E-state index contributed by atoms with van der Waals surface area (Å²) >= 11 is 0. The maximum Gasteiger partial charge on any atom is 0.226 e. The van der Waals surface area contributed by atoms with Crippen molar-refractivity contribution in [1.82, 2.24) is 4.90 Å². The minimum absolute atomic E-state index is 0.0170.